The van der Waals surface area contributed by atoms with E-state index in [0.29, 0.717) is 39.6 Å². The highest BCUT2D eigenvalue weighted by molar-refractivity contribution is 7.89. The number of benzene rings is 2. The second-order valence-electron chi connectivity index (χ2n) is 7.75. The number of hydrogen-bond donors (Lipinski definition) is 2. The molecule has 4 rings (SSSR count). The fourth-order valence-electron chi connectivity index (χ4n) is 4.06. The van der Waals surface area contributed by atoms with Gasteiger partial charge >= 0.3 is 0 Å². The molecule has 1 fully saturated rings. The summed E-state index contributed by atoms with van der Waals surface area (Å²) in [6, 6.07) is 10.2. The Balaban J connectivity index is 1.66. The van der Waals surface area contributed by atoms with Gasteiger partial charge in [0.05, 0.1) is 23.0 Å². The standard InChI is InChI=1S/C21H23ClN4O3S/c22-18-8-4-3-7-15(18)9-21(27)25-16-10-19-17(20(11-16)30(23,28)29)12-24-26(19)13-14-5-1-2-6-14/h3-4,7-8,10-12,14H,1-2,5-6,9,13H2,(H,25,27)(H2,23,28,29). The van der Waals surface area contributed by atoms with Crippen LogP contribution in [0.15, 0.2) is 47.5 Å². The van der Waals surface area contributed by atoms with Crippen LogP contribution in [0.2, 0.25) is 5.02 Å². The van der Waals surface area contributed by atoms with Crippen LogP contribution in [-0.4, -0.2) is 24.1 Å². The van der Waals surface area contributed by atoms with Gasteiger partial charge < -0.3 is 5.32 Å². The Morgan fingerprint density at radius 3 is 2.67 bits per heavy atom. The number of sulfonamides is 1. The minimum absolute atomic E-state index is 0.0503. The second kappa shape index (κ2) is 8.37. The number of carbonyl (C=O) groups is 1. The summed E-state index contributed by atoms with van der Waals surface area (Å²) in [6.07, 6.45) is 6.28. The third kappa shape index (κ3) is 4.50. The third-order valence-corrected chi connectivity index (χ3v) is 6.85. The van der Waals surface area contributed by atoms with Gasteiger partial charge in [0, 0.05) is 22.6 Å². The highest BCUT2D eigenvalue weighted by Gasteiger charge is 2.21. The Bertz CT molecular complexity index is 1200. The number of amides is 1. The number of carbonyl (C=O) groups excluding carboxylic acids is 1. The maximum atomic E-state index is 12.6. The van der Waals surface area contributed by atoms with Crippen molar-refractivity contribution < 1.29 is 13.2 Å². The molecule has 7 nitrogen and oxygen atoms in total. The molecule has 9 heteroatoms. The molecule has 0 spiro atoms. The lowest BCUT2D eigenvalue weighted by Crippen LogP contribution is -2.17. The largest absolute Gasteiger partial charge is 0.326 e. The molecule has 0 radical (unpaired) electrons. The number of nitrogens with one attached hydrogen (secondary N) is 1. The van der Waals surface area contributed by atoms with Gasteiger partial charge in [-0.3, -0.25) is 9.48 Å². The number of nitrogens with two attached hydrogens (primary N) is 1. The summed E-state index contributed by atoms with van der Waals surface area (Å²) in [4.78, 5) is 12.5. The number of halogens is 1. The Hall–Kier alpha value is -2.42. The van der Waals surface area contributed by atoms with Gasteiger partial charge in [0.1, 0.15) is 0 Å². The van der Waals surface area contributed by atoms with Gasteiger partial charge in [-0.15, -0.1) is 0 Å². The number of anilines is 1. The normalized spacial score (nSPS) is 15.0. The van der Waals surface area contributed by atoms with E-state index < -0.39 is 10.0 Å². The number of hydrogen-bond acceptors (Lipinski definition) is 4. The zero-order valence-corrected chi connectivity index (χ0v) is 17.9. The van der Waals surface area contributed by atoms with Gasteiger partial charge in [0.15, 0.2) is 0 Å². The van der Waals surface area contributed by atoms with Crippen LogP contribution in [0.25, 0.3) is 10.9 Å². The number of nitrogens with zero attached hydrogens (tertiary/aromatic N) is 2. The van der Waals surface area contributed by atoms with E-state index >= 15 is 0 Å². The van der Waals surface area contributed by atoms with Crippen LogP contribution in [0.4, 0.5) is 5.69 Å². The zero-order valence-electron chi connectivity index (χ0n) is 16.3. The summed E-state index contributed by atoms with van der Waals surface area (Å²) in [5, 5.41) is 13.6. The summed E-state index contributed by atoms with van der Waals surface area (Å²) < 4.78 is 26.2. The third-order valence-electron chi connectivity index (χ3n) is 5.53. The van der Waals surface area contributed by atoms with E-state index in [4.69, 9.17) is 16.7 Å². The topological polar surface area (TPSA) is 107 Å². The smallest absolute Gasteiger partial charge is 0.238 e. The van der Waals surface area contributed by atoms with E-state index in [9.17, 15) is 13.2 Å². The van der Waals surface area contributed by atoms with Crippen LogP contribution in [0.3, 0.4) is 0 Å². The first-order valence-corrected chi connectivity index (χ1v) is 11.8. The van der Waals surface area contributed by atoms with E-state index in [1.165, 1.54) is 25.1 Å². The number of primary sulfonamides is 1. The minimum Gasteiger partial charge on any atom is -0.326 e. The quantitative estimate of drug-likeness (QED) is 0.601. The SMILES string of the molecule is NS(=O)(=O)c1cc(NC(=O)Cc2ccccc2Cl)cc2c1cnn2CC1CCCC1. The van der Waals surface area contributed by atoms with E-state index in [1.807, 2.05) is 4.68 Å². The molecule has 158 valence electrons. The summed E-state index contributed by atoms with van der Waals surface area (Å²) in [6.45, 7) is 0.713. The summed E-state index contributed by atoms with van der Waals surface area (Å²) in [7, 11) is -3.99. The molecule has 0 unspecified atom stereocenters. The molecule has 1 heterocycles. The summed E-state index contributed by atoms with van der Waals surface area (Å²) in [5.74, 6) is 0.217. The Kier molecular flexibility index (Phi) is 5.81. The van der Waals surface area contributed by atoms with Crippen LogP contribution in [0, 0.1) is 5.92 Å². The van der Waals surface area contributed by atoms with Crippen LogP contribution in [-0.2, 0) is 27.8 Å². The van der Waals surface area contributed by atoms with Crippen molar-refractivity contribution in [1.82, 2.24) is 9.78 Å². The molecule has 2 aromatic carbocycles. The first-order valence-electron chi connectivity index (χ1n) is 9.87. The van der Waals surface area contributed by atoms with Crippen molar-refractivity contribution in [3.8, 4) is 0 Å². The molecule has 1 saturated carbocycles. The first kappa shape index (κ1) is 20.8. The van der Waals surface area contributed by atoms with Crippen molar-refractivity contribution in [3.05, 3.63) is 53.2 Å². The van der Waals surface area contributed by atoms with Crippen LogP contribution in [0.5, 0.6) is 0 Å². The molecule has 1 aliphatic rings. The molecule has 0 bridgehead atoms. The van der Waals surface area contributed by atoms with Crippen molar-refractivity contribution >= 4 is 44.1 Å². The van der Waals surface area contributed by atoms with Crippen molar-refractivity contribution in [2.45, 2.75) is 43.5 Å². The number of fused-ring (bicyclic) bond motifs is 1. The lowest BCUT2D eigenvalue weighted by atomic mass is 10.1. The Morgan fingerprint density at radius 2 is 1.97 bits per heavy atom. The maximum Gasteiger partial charge on any atom is 0.238 e. The maximum absolute atomic E-state index is 12.6. The zero-order chi connectivity index (χ0) is 21.3. The van der Waals surface area contributed by atoms with Crippen molar-refractivity contribution in [2.24, 2.45) is 11.1 Å². The molecular formula is C21H23ClN4O3S. The molecule has 0 atom stereocenters. The Morgan fingerprint density at radius 1 is 1.23 bits per heavy atom. The predicted octanol–water partition coefficient (Wildman–Crippen LogP) is 3.71. The molecule has 30 heavy (non-hydrogen) atoms. The second-order valence-corrected chi connectivity index (χ2v) is 9.68. The van der Waals surface area contributed by atoms with E-state index in [-0.39, 0.29) is 17.2 Å². The van der Waals surface area contributed by atoms with E-state index in [2.05, 4.69) is 10.4 Å². The van der Waals surface area contributed by atoms with Crippen LogP contribution >= 0.6 is 11.6 Å². The van der Waals surface area contributed by atoms with Gasteiger partial charge in [-0.05, 0) is 42.5 Å². The van der Waals surface area contributed by atoms with E-state index in [1.54, 1.807) is 30.3 Å². The van der Waals surface area contributed by atoms with Gasteiger partial charge in [0.2, 0.25) is 15.9 Å². The van der Waals surface area contributed by atoms with Crippen molar-refractivity contribution in [3.63, 3.8) is 0 Å². The van der Waals surface area contributed by atoms with Crippen molar-refractivity contribution in [2.75, 3.05) is 5.32 Å². The molecule has 1 aromatic heterocycles. The first-order chi connectivity index (χ1) is 14.3. The highest BCUT2D eigenvalue weighted by atomic mass is 35.5. The summed E-state index contributed by atoms with van der Waals surface area (Å²) in [5.41, 5.74) is 1.69. The lowest BCUT2D eigenvalue weighted by Gasteiger charge is -2.12. The molecule has 3 N–H and O–H groups in total. The average molecular weight is 447 g/mol. The molecule has 0 saturated heterocycles. The molecule has 0 aliphatic heterocycles. The monoisotopic (exact) mass is 446 g/mol. The van der Waals surface area contributed by atoms with Gasteiger partial charge in [0.25, 0.3) is 0 Å². The van der Waals surface area contributed by atoms with E-state index in [0.717, 1.165) is 12.8 Å². The van der Waals surface area contributed by atoms with Gasteiger partial charge in [-0.2, -0.15) is 5.10 Å². The molecular weight excluding hydrogens is 424 g/mol. The van der Waals surface area contributed by atoms with Crippen LogP contribution < -0.4 is 10.5 Å². The highest BCUT2D eigenvalue weighted by Crippen LogP contribution is 2.31. The minimum atomic E-state index is -3.99. The average Bonchev–Trinajstić information content (AvgIpc) is 3.33. The Labute approximate surface area is 180 Å². The number of aromatic nitrogens is 2. The fraction of sp³-hybridized carbons (Fsp3) is 0.333. The predicted molar refractivity (Wildman–Crippen MR) is 117 cm³/mol. The van der Waals surface area contributed by atoms with Gasteiger partial charge in [-0.1, -0.05) is 42.6 Å². The van der Waals surface area contributed by atoms with Crippen LogP contribution in [0.1, 0.15) is 31.2 Å². The molecule has 1 aliphatic carbocycles. The fourth-order valence-corrected chi connectivity index (χ4v) is 5.01. The number of rotatable bonds is 6. The lowest BCUT2D eigenvalue weighted by molar-refractivity contribution is -0.115. The molecule has 1 amide bonds. The van der Waals surface area contributed by atoms with Crippen molar-refractivity contribution in [1.29, 1.82) is 0 Å². The van der Waals surface area contributed by atoms with Gasteiger partial charge in [-0.25, -0.2) is 13.6 Å². The summed E-state index contributed by atoms with van der Waals surface area (Å²) >= 11 is 6.13. The molecule has 3 aromatic rings.